The second-order valence-electron chi connectivity index (χ2n) is 7.93. The van der Waals surface area contributed by atoms with Crippen LogP contribution in [0.1, 0.15) is 38.5 Å². The van der Waals surface area contributed by atoms with Gasteiger partial charge in [0.1, 0.15) is 6.61 Å². The van der Waals surface area contributed by atoms with E-state index in [1.54, 1.807) is 0 Å². The zero-order chi connectivity index (χ0) is 14.3. The first-order valence-electron chi connectivity index (χ1n) is 8.84. The molecule has 1 heterocycles. The molecule has 4 aliphatic carbocycles. The van der Waals surface area contributed by atoms with E-state index in [-0.39, 0.29) is 11.4 Å². The molecular formula is C17H28N2O2. The third kappa shape index (κ3) is 2.72. The van der Waals surface area contributed by atoms with E-state index >= 15 is 0 Å². The molecule has 4 saturated carbocycles. The molecule has 4 nitrogen and oxygen atoms in total. The first kappa shape index (κ1) is 14.0. The lowest BCUT2D eigenvalue weighted by Crippen LogP contribution is -2.51. The Morgan fingerprint density at radius 3 is 2.19 bits per heavy atom. The zero-order valence-corrected chi connectivity index (χ0v) is 13.0. The lowest BCUT2D eigenvalue weighted by atomic mass is 9.49. The second kappa shape index (κ2) is 5.54. The van der Waals surface area contributed by atoms with Crippen LogP contribution in [0, 0.1) is 23.2 Å². The van der Waals surface area contributed by atoms with Crippen molar-refractivity contribution in [3.63, 3.8) is 0 Å². The Kier molecular flexibility index (Phi) is 3.70. The summed E-state index contributed by atoms with van der Waals surface area (Å²) < 4.78 is 5.73. The van der Waals surface area contributed by atoms with Gasteiger partial charge >= 0.3 is 5.97 Å². The quantitative estimate of drug-likeness (QED) is 0.800. The second-order valence-corrected chi connectivity index (χ2v) is 7.93. The number of hydrogen-bond donors (Lipinski definition) is 1. The summed E-state index contributed by atoms with van der Waals surface area (Å²) in [4.78, 5) is 15.1. The molecule has 118 valence electrons. The standard InChI is InChI=1S/C17H28N2O2/c20-16(21-6-5-19-3-1-18-2-4-19)17-10-13-7-14(11-17)9-15(8-13)12-17/h13-15,18H,1-12H2. The van der Waals surface area contributed by atoms with Crippen molar-refractivity contribution in [3.05, 3.63) is 0 Å². The van der Waals surface area contributed by atoms with Crippen LogP contribution in [0.25, 0.3) is 0 Å². The Hall–Kier alpha value is -0.610. The highest BCUT2D eigenvalue weighted by Crippen LogP contribution is 2.60. The molecule has 0 aromatic heterocycles. The summed E-state index contributed by atoms with van der Waals surface area (Å²) in [5.74, 6) is 2.59. The van der Waals surface area contributed by atoms with Gasteiger partial charge in [0.15, 0.2) is 0 Å². The van der Waals surface area contributed by atoms with Crippen molar-refractivity contribution in [1.82, 2.24) is 10.2 Å². The summed E-state index contributed by atoms with van der Waals surface area (Å²) in [6, 6.07) is 0. The number of piperazine rings is 1. The maximum absolute atomic E-state index is 12.7. The molecule has 5 fully saturated rings. The van der Waals surface area contributed by atoms with Gasteiger partial charge in [0.25, 0.3) is 0 Å². The van der Waals surface area contributed by atoms with Crippen molar-refractivity contribution in [2.24, 2.45) is 23.2 Å². The van der Waals surface area contributed by atoms with Gasteiger partial charge in [0, 0.05) is 32.7 Å². The van der Waals surface area contributed by atoms with Crippen LogP contribution in [0.2, 0.25) is 0 Å². The SMILES string of the molecule is O=C(OCCN1CCNCC1)C12CC3CC(CC(C3)C1)C2. The maximum atomic E-state index is 12.7. The van der Waals surface area contributed by atoms with Crippen molar-refractivity contribution < 1.29 is 9.53 Å². The molecule has 0 amide bonds. The lowest BCUT2D eigenvalue weighted by Gasteiger charge is -2.55. The average molecular weight is 292 g/mol. The Labute approximate surface area is 127 Å². The van der Waals surface area contributed by atoms with Gasteiger partial charge in [-0.15, -0.1) is 0 Å². The molecule has 5 aliphatic rings. The third-order valence-electron chi connectivity index (χ3n) is 6.32. The fraction of sp³-hybridized carbons (Fsp3) is 0.941. The fourth-order valence-electron chi connectivity index (χ4n) is 5.72. The highest BCUT2D eigenvalue weighted by Gasteiger charge is 2.55. The van der Waals surface area contributed by atoms with Crippen LogP contribution in [0.3, 0.4) is 0 Å². The van der Waals surface area contributed by atoms with Gasteiger partial charge in [0.05, 0.1) is 5.41 Å². The van der Waals surface area contributed by atoms with E-state index in [4.69, 9.17) is 4.74 Å². The number of carbonyl (C=O) groups excluding carboxylic acids is 1. The molecule has 4 heteroatoms. The van der Waals surface area contributed by atoms with E-state index in [9.17, 15) is 4.79 Å². The summed E-state index contributed by atoms with van der Waals surface area (Å²) in [5.41, 5.74) is -0.0851. The molecule has 1 saturated heterocycles. The number of nitrogens with one attached hydrogen (secondary N) is 1. The molecule has 0 atom stereocenters. The minimum Gasteiger partial charge on any atom is -0.464 e. The van der Waals surface area contributed by atoms with Crippen molar-refractivity contribution in [3.8, 4) is 0 Å². The molecule has 5 rings (SSSR count). The van der Waals surface area contributed by atoms with Crippen LogP contribution in [-0.4, -0.2) is 50.2 Å². The predicted molar refractivity (Wildman–Crippen MR) is 80.9 cm³/mol. The van der Waals surface area contributed by atoms with Crippen LogP contribution in [0.5, 0.6) is 0 Å². The molecule has 0 aromatic carbocycles. The van der Waals surface area contributed by atoms with E-state index in [2.05, 4.69) is 10.2 Å². The molecule has 21 heavy (non-hydrogen) atoms. The Bertz CT molecular complexity index is 368. The number of rotatable bonds is 4. The van der Waals surface area contributed by atoms with E-state index < -0.39 is 0 Å². The third-order valence-corrected chi connectivity index (χ3v) is 6.32. The molecule has 0 spiro atoms. The number of ether oxygens (including phenoxy) is 1. The van der Waals surface area contributed by atoms with Crippen LogP contribution in [0.4, 0.5) is 0 Å². The van der Waals surface area contributed by atoms with E-state index in [0.717, 1.165) is 69.7 Å². The van der Waals surface area contributed by atoms with E-state index in [1.165, 1.54) is 19.3 Å². The van der Waals surface area contributed by atoms with Crippen molar-refractivity contribution in [1.29, 1.82) is 0 Å². The Morgan fingerprint density at radius 1 is 1.05 bits per heavy atom. The zero-order valence-electron chi connectivity index (χ0n) is 13.0. The average Bonchev–Trinajstić information content (AvgIpc) is 2.47. The highest BCUT2D eigenvalue weighted by molar-refractivity contribution is 5.77. The molecular weight excluding hydrogens is 264 g/mol. The number of hydrogen-bond acceptors (Lipinski definition) is 4. The largest absolute Gasteiger partial charge is 0.464 e. The molecule has 0 unspecified atom stereocenters. The molecule has 0 aromatic rings. The summed E-state index contributed by atoms with van der Waals surface area (Å²) in [5, 5.41) is 3.35. The van der Waals surface area contributed by atoms with Gasteiger partial charge in [-0.3, -0.25) is 9.69 Å². The minimum absolute atomic E-state index is 0.0851. The van der Waals surface area contributed by atoms with Crippen LogP contribution >= 0.6 is 0 Å². The summed E-state index contributed by atoms with van der Waals surface area (Å²) in [6.07, 6.45) is 7.50. The molecule has 4 bridgehead atoms. The normalized spacial score (nSPS) is 42.2. The van der Waals surface area contributed by atoms with Gasteiger partial charge in [-0.25, -0.2) is 0 Å². The van der Waals surface area contributed by atoms with Crippen molar-refractivity contribution in [2.75, 3.05) is 39.3 Å². The number of nitrogens with zero attached hydrogens (tertiary/aromatic N) is 1. The van der Waals surface area contributed by atoms with E-state index in [1.807, 2.05) is 0 Å². The summed E-state index contributed by atoms with van der Waals surface area (Å²) in [6.45, 7) is 5.76. The summed E-state index contributed by atoms with van der Waals surface area (Å²) in [7, 11) is 0. The van der Waals surface area contributed by atoms with Gasteiger partial charge in [-0.1, -0.05) is 0 Å². The highest BCUT2D eigenvalue weighted by atomic mass is 16.5. The van der Waals surface area contributed by atoms with Gasteiger partial charge in [0.2, 0.25) is 0 Å². The number of esters is 1. The Balaban J connectivity index is 1.30. The van der Waals surface area contributed by atoms with Crippen molar-refractivity contribution in [2.45, 2.75) is 38.5 Å². The monoisotopic (exact) mass is 292 g/mol. The maximum Gasteiger partial charge on any atom is 0.312 e. The first-order valence-corrected chi connectivity index (χ1v) is 8.84. The fourth-order valence-corrected chi connectivity index (χ4v) is 5.72. The van der Waals surface area contributed by atoms with Gasteiger partial charge in [-0.2, -0.15) is 0 Å². The lowest BCUT2D eigenvalue weighted by molar-refractivity contribution is -0.172. The first-order chi connectivity index (χ1) is 10.2. The smallest absolute Gasteiger partial charge is 0.312 e. The molecule has 1 aliphatic heterocycles. The van der Waals surface area contributed by atoms with Crippen LogP contribution in [0.15, 0.2) is 0 Å². The molecule has 0 radical (unpaired) electrons. The Morgan fingerprint density at radius 2 is 1.62 bits per heavy atom. The van der Waals surface area contributed by atoms with Crippen molar-refractivity contribution >= 4 is 5.97 Å². The topological polar surface area (TPSA) is 41.6 Å². The van der Waals surface area contributed by atoms with Crippen LogP contribution in [-0.2, 0) is 9.53 Å². The van der Waals surface area contributed by atoms with E-state index in [0.29, 0.717) is 6.61 Å². The van der Waals surface area contributed by atoms with Gasteiger partial charge < -0.3 is 10.1 Å². The molecule has 1 N–H and O–H groups in total. The minimum atomic E-state index is -0.0851. The number of carbonyl (C=O) groups is 1. The van der Waals surface area contributed by atoms with Crippen LogP contribution < -0.4 is 5.32 Å². The summed E-state index contributed by atoms with van der Waals surface area (Å²) >= 11 is 0. The van der Waals surface area contributed by atoms with Gasteiger partial charge in [-0.05, 0) is 56.3 Å². The predicted octanol–water partition coefficient (Wildman–Crippen LogP) is 1.65.